The predicted octanol–water partition coefficient (Wildman–Crippen LogP) is 1.73. The average molecular weight is 246 g/mol. The molecule has 0 bridgehead atoms. The van der Waals surface area contributed by atoms with Crippen LogP contribution in [-0.4, -0.2) is 29.9 Å². The molecule has 3 nitrogen and oxygen atoms in total. The molecule has 1 aliphatic heterocycles. The Bertz CT molecular complexity index is 420. The Balaban J connectivity index is 1.88. The number of hydrogen-bond donors (Lipinski definition) is 1. The van der Waals surface area contributed by atoms with E-state index in [1.165, 1.54) is 11.1 Å². The number of likely N-dealkylation sites (tertiary alicyclic amines) is 1. The van der Waals surface area contributed by atoms with Crippen LogP contribution >= 0.6 is 0 Å². The second-order valence-electron chi connectivity index (χ2n) is 5.37. The summed E-state index contributed by atoms with van der Waals surface area (Å²) in [4.78, 5) is 14.0. The molecule has 0 saturated carbocycles. The zero-order valence-corrected chi connectivity index (χ0v) is 11.2. The molecule has 1 aromatic rings. The lowest BCUT2D eigenvalue weighted by Gasteiger charge is -2.16. The summed E-state index contributed by atoms with van der Waals surface area (Å²) < 4.78 is 0. The Labute approximate surface area is 109 Å². The minimum atomic E-state index is 0.146. The fourth-order valence-electron chi connectivity index (χ4n) is 2.49. The van der Waals surface area contributed by atoms with Crippen LogP contribution in [-0.2, 0) is 11.2 Å². The minimum absolute atomic E-state index is 0.146. The molecule has 1 saturated heterocycles. The maximum atomic E-state index is 12.1. The van der Waals surface area contributed by atoms with Gasteiger partial charge in [-0.3, -0.25) is 4.79 Å². The summed E-state index contributed by atoms with van der Waals surface area (Å²) in [5.74, 6) is 0.658. The van der Waals surface area contributed by atoms with E-state index in [1.807, 2.05) is 17.0 Å². The summed E-state index contributed by atoms with van der Waals surface area (Å²) in [5.41, 5.74) is 8.47. The molecule has 0 aliphatic carbocycles. The highest BCUT2D eigenvalue weighted by Crippen LogP contribution is 2.17. The summed E-state index contributed by atoms with van der Waals surface area (Å²) in [6, 6.07) is 8.39. The highest BCUT2D eigenvalue weighted by atomic mass is 16.2. The van der Waals surface area contributed by atoms with Crippen molar-refractivity contribution in [3.63, 3.8) is 0 Å². The molecule has 1 amide bonds. The molecule has 2 unspecified atom stereocenters. The molecule has 98 valence electrons. The number of rotatable bonds is 3. The van der Waals surface area contributed by atoms with Crippen molar-refractivity contribution in [1.82, 2.24) is 4.90 Å². The van der Waals surface area contributed by atoms with Gasteiger partial charge in [0.05, 0.1) is 0 Å². The van der Waals surface area contributed by atoms with Crippen molar-refractivity contribution in [2.75, 3.05) is 13.1 Å². The summed E-state index contributed by atoms with van der Waals surface area (Å²) in [6.07, 6.45) is 1.41. The third kappa shape index (κ3) is 2.91. The molecule has 0 radical (unpaired) electrons. The van der Waals surface area contributed by atoms with Crippen molar-refractivity contribution in [3.8, 4) is 0 Å². The SMILES string of the molecule is Cc1ccccc1CCC(=O)N1CC(C)C(N)C1. The molecule has 1 heterocycles. The van der Waals surface area contributed by atoms with Gasteiger partial charge in [-0.2, -0.15) is 0 Å². The van der Waals surface area contributed by atoms with Crippen LogP contribution in [0.25, 0.3) is 0 Å². The number of carbonyl (C=O) groups excluding carboxylic acids is 1. The topological polar surface area (TPSA) is 46.3 Å². The van der Waals surface area contributed by atoms with Gasteiger partial charge in [0.1, 0.15) is 0 Å². The number of nitrogens with two attached hydrogens (primary N) is 1. The molecule has 1 fully saturated rings. The Hall–Kier alpha value is -1.35. The first-order valence-electron chi connectivity index (χ1n) is 6.66. The first kappa shape index (κ1) is 13.1. The van der Waals surface area contributed by atoms with Crippen LogP contribution in [0.4, 0.5) is 0 Å². The predicted molar refractivity (Wildman–Crippen MR) is 73.2 cm³/mol. The van der Waals surface area contributed by atoms with Gasteiger partial charge in [-0.15, -0.1) is 0 Å². The number of carbonyl (C=O) groups is 1. The van der Waals surface area contributed by atoms with Gasteiger partial charge in [-0.25, -0.2) is 0 Å². The molecule has 1 aliphatic rings. The molecule has 1 aromatic carbocycles. The molecule has 2 rings (SSSR count). The van der Waals surface area contributed by atoms with Crippen molar-refractivity contribution in [3.05, 3.63) is 35.4 Å². The van der Waals surface area contributed by atoms with Gasteiger partial charge in [-0.1, -0.05) is 31.2 Å². The summed E-state index contributed by atoms with van der Waals surface area (Å²) in [5, 5.41) is 0. The molecular weight excluding hydrogens is 224 g/mol. The monoisotopic (exact) mass is 246 g/mol. The second-order valence-corrected chi connectivity index (χ2v) is 5.37. The van der Waals surface area contributed by atoms with E-state index in [1.54, 1.807) is 0 Å². The Morgan fingerprint density at radius 1 is 1.39 bits per heavy atom. The molecule has 18 heavy (non-hydrogen) atoms. The van der Waals surface area contributed by atoms with Gasteiger partial charge in [0, 0.05) is 25.6 Å². The second kappa shape index (κ2) is 5.53. The van der Waals surface area contributed by atoms with Crippen molar-refractivity contribution >= 4 is 5.91 Å². The molecule has 0 spiro atoms. The maximum Gasteiger partial charge on any atom is 0.222 e. The first-order valence-corrected chi connectivity index (χ1v) is 6.66. The Morgan fingerprint density at radius 3 is 2.72 bits per heavy atom. The maximum absolute atomic E-state index is 12.1. The molecule has 0 aromatic heterocycles. The van der Waals surface area contributed by atoms with Crippen LogP contribution in [0.2, 0.25) is 0 Å². The van der Waals surface area contributed by atoms with E-state index >= 15 is 0 Å². The van der Waals surface area contributed by atoms with E-state index in [0.717, 1.165) is 13.0 Å². The van der Waals surface area contributed by atoms with Crippen LogP contribution < -0.4 is 5.73 Å². The largest absolute Gasteiger partial charge is 0.341 e. The van der Waals surface area contributed by atoms with Gasteiger partial charge in [-0.05, 0) is 30.4 Å². The van der Waals surface area contributed by atoms with Crippen molar-refractivity contribution in [1.29, 1.82) is 0 Å². The zero-order chi connectivity index (χ0) is 13.1. The van der Waals surface area contributed by atoms with Crippen LogP contribution in [0.15, 0.2) is 24.3 Å². The summed E-state index contributed by atoms with van der Waals surface area (Å²) in [7, 11) is 0. The van der Waals surface area contributed by atoms with Crippen LogP contribution in [0, 0.1) is 12.8 Å². The summed E-state index contributed by atoms with van der Waals surface area (Å²) >= 11 is 0. The van der Waals surface area contributed by atoms with Gasteiger partial charge in [0.15, 0.2) is 0 Å². The number of aryl methyl sites for hydroxylation is 2. The van der Waals surface area contributed by atoms with Crippen LogP contribution in [0.5, 0.6) is 0 Å². The number of nitrogens with zero attached hydrogens (tertiary/aromatic N) is 1. The fraction of sp³-hybridized carbons (Fsp3) is 0.533. The molecule has 2 atom stereocenters. The Morgan fingerprint density at radius 2 is 2.11 bits per heavy atom. The highest BCUT2D eigenvalue weighted by Gasteiger charge is 2.29. The van der Waals surface area contributed by atoms with E-state index in [2.05, 4.69) is 26.0 Å². The van der Waals surface area contributed by atoms with E-state index in [9.17, 15) is 4.79 Å². The molecular formula is C15H22N2O. The van der Waals surface area contributed by atoms with Gasteiger partial charge in [0.25, 0.3) is 0 Å². The van der Waals surface area contributed by atoms with Gasteiger partial charge < -0.3 is 10.6 Å². The van der Waals surface area contributed by atoms with E-state index in [4.69, 9.17) is 5.73 Å². The van der Waals surface area contributed by atoms with Crippen molar-refractivity contribution < 1.29 is 4.79 Å². The lowest BCUT2D eigenvalue weighted by molar-refractivity contribution is -0.130. The van der Waals surface area contributed by atoms with Gasteiger partial charge >= 0.3 is 0 Å². The first-order chi connectivity index (χ1) is 8.58. The van der Waals surface area contributed by atoms with Crippen LogP contribution in [0.3, 0.4) is 0 Å². The van der Waals surface area contributed by atoms with E-state index in [-0.39, 0.29) is 11.9 Å². The average Bonchev–Trinajstić information content (AvgIpc) is 2.68. The zero-order valence-electron chi connectivity index (χ0n) is 11.2. The van der Waals surface area contributed by atoms with Gasteiger partial charge in [0.2, 0.25) is 5.91 Å². The quantitative estimate of drug-likeness (QED) is 0.883. The van der Waals surface area contributed by atoms with Crippen molar-refractivity contribution in [2.45, 2.75) is 32.7 Å². The minimum Gasteiger partial charge on any atom is -0.341 e. The lowest BCUT2D eigenvalue weighted by atomic mass is 10.0. The van der Waals surface area contributed by atoms with E-state index in [0.29, 0.717) is 18.9 Å². The highest BCUT2D eigenvalue weighted by molar-refractivity contribution is 5.77. The number of benzene rings is 1. The normalized spacial score (nSPS) is 23.4. The van der Waals surface area contributed by atoms with Crippen molar-refractivity contribution in [2.24, 2.45) is 11.7 Å². The lowest BCUT2D eigenvalue weighted by Crippen LogP contribution is -2.32. The third-order valence-corrected chi connectivity index (χ3v) is 3.89. The Kier molecular flexibility index (Phi) is 4.02. The third-order valence-electron chi connectivity index (χ3n) is 3.89. The smallest absolute Gasteiger partial charge is 0.222 e. The summed E-state index contributed by atoms with van der Waals surface area (Å²) in [6.45, 7) is 5.73. The number of hydrogen-bond acceptors (Lipinski definition) is 2. The molecule has 3 heteroatoms. The standard InChI is InChI=1S/C15H22N2O/c1-11-5-3-4-6-13(11)7-8-15(18)17-9-12(2)14(16)10-17/h3-6,12,14H,7-10,16H2,1-2H3. The van der Waals surface area contributed by atoms with E-state index < -0.39 is 0 Å². The van der Waals surface area contributed by atoms with Crippen LogP contribution in [0.1, 0.15) is 24.5 Å². The molecule has 2 N–H and O–H groups in total. The fourth-order valence-corrected chi connectivity index (χ4v) is 2.49. The number of amides is 1.